The lowest BCUT2D eigenvalue weighted by molar-refractivity contribution is -0.124. The third kappa shape index (κ3) is 4.23. The molecule has 1 heterocycles. The van der Waals surface area contributed by atoms with Crippen molar-refractivity contribution in [3.8, 4) is 0 Å². The highest BCUT2D eigenvalue weighted by Gasteiger charge is 2.15. The van der Waals surface area contributed by atoms with Crippen LogP contribution in [0.1, 0.15) is 16.1 Å². The molecule has 1 aromatic carbocycles. The molecule has 0 fully saturated rings. The topological polar surface area (TPSA) is 107 Å². The summed E-state index contributed by atoms with van der Waals surface area (Å²) in [5, 5.41) is 2.53. The molecule has 0 saturated heterocycles. The van der Waals surface area contributed by atoms with Crippen molar-refractivity contribution in [1.82, 2.24) is 15.3 Å². The molecule has 0 spiro atoms. The van der Waals surface area contributed by atoms with Crippen LogP contribution in [0.15, 0.2) is 36.7 Å². The number of ether oxygens (including phenoxy) is 1. The number of benzene rings is 1. The number of carbonyl (C=O) groups is 2. The van der Waals surface area contributed by atoms with Crippen LogP contribution in [-0.2, 0) is 16.1 Å². The first-order chi connectivity index (χ1) is 10.6. The Morgan fingerprint density at radius 2 is 1.86 bits per heavy atom. The maximum absolute atomic E-state index is 12.7. The van der Waals surface area contributed by atoms with Crippen LogP contribution in [0.25, 0.3) is 0 Å². The van der Waals surface area contributed by atoms with E-state index in [1.54, 1.807) is 12.1 Å². The molecule has 1 amide bonds. The van der Waals surface area contributed by atoms with Gasteiger partial charge >= 0.3 is 5.97 Å². The monoisotopic (exact) mass is 304 g/mol. The number of nitrogens with zero attached hydrogens (tertiary/aromatic N) is 2. The van der Waals surface area contributed by atoms with Crippen molar-refractivity contribution >= 4 is 17.7 Å². The molecule has 2 rings (SSSR count). The average molecular weight is 304 g/mol. The van der Waals surface area contributed by atoms with Crippen molar-refractivity contribution in [1.29, 1.82) is 0 Å². The smallest absolute Gasteiger partial charge is 0.361 e. The Labute approximate surface area is 125 Å². The Balaban J connectivity index is 1.79. The van der Waals surface area contributed by atoms with Gasteiger partial charge in [0.25, 0.3) is 5.91 Å². The fourth-order valence-corrected chi connectivity index (χ4v) is 1.56. The van der Waals surface area contributed by atoms with E-state index in [0.29, 0.717) is 0 Å². The third-order valence-corrected chi connectivity index (χ3v) is 2.66. The van der Waals surface area contributed by atoms with Gasteiger partial charge in [0, 0.05) is 18.9 Å². The van der Waals surface area contributed by atoms with E-state index in [-0.39, 0.29) is 23.9 Å². The van der Waals surface area contributed by atoms with Crippen LogP contribution in [0, 0.1) is 5.82 Å². The molecule has 8 heteroatoms. The molecule has 0 aliphatic rings. The van der Waals surface area contributed by atoms with E-state index in [2.05, 4.69) is 15.3 Å². The zero-order valence-corrected chi connectivity index (χ0v) is 11.5. The van der Waals surface area contributed by atoms with E-state index in [1.807, 2.05) is 0 Å². The van der Waals surface area contributed by atoms with Crippen LogP contribution < -0.4 is 11.1 Å². The number of nitrogen functional groups attached to an aromatic ring is 1. The van der Waals surface area contributed by atoms with E-state index in [0.717, 1.165) is 5.56 Å². The number of nitrogens with one attached hydrogen (secondary N) is 1. The highest BCUT2D eigenvalue weighted by Crippen LogP contribution is 2.05. The van der Waals surface area contributed by atoms with Gasteiger partial charge in [0.05, 0.1) is 0 Å². The standard InChI is InChI=1S/C14H13FN4O3/c15-10-3-1-9(2-4-10)7-19-11(20)8-22-14(21)12-13(16)18-6-5-17-12/h1-6H,7-8H2,(H2,16,18)(H,19,20). The van der Waals surface area contributed by atoms with E-state index in [4.69, 9.17) is 10.5 Å². The molecule has 0 radical (unpaired) electrons. The average Bonchev–Trinajstić information content (AvgIpc) is 2.52. The molecule has 2 aromatic rings. The Bertz CT molecular complexity index is 676. The van der Waals surface area contributed by atoms with Crippen molar-refractivity contribution in [3.63, 3.8) is 0 Å². The molecule has 0 bridgehead atoms. The summed E-state index contributed by atoms with van der Waals surface area (Å²) in [5.74, 6) is -1.76. The molecular formula is C14H13FN4O3. The summed E-state index contributed by atoms with van der Waals surface area (Å²) in [5.41, 5.74) is 6.05. The van der Waals surface area contributed by atoms with Crippen LogP contribution >= 0.6 is 0 Å². The van der Waals surface area contributed by atoms with E-state index < -0.39 is 18.5 Å². The Morgan fingerprint density at radius 3 is 2.55 bits per heavy atom. The summed E-state index contributed by atoms with van der Waals surface area (Å²) in [6.07, 6.45) is 2.63. The fraction of sp³-hybridized carbons (Fsp3) is 0.143. The number of hydrogen-bond acceptors (Lipinski definition) is 6. The SMILES string of the molecule is Nc1nccnc1C(=O)OCC(=O)NCc1ccc(F)cc1. The summed E-state index contributed by atoms with van der Waals surface area (Å²) >= 11 is 0. The van der Waals surface area contributed by atoms with Crippen LogP contribution in [0.4, 0.5) is 10.2 Å². The number of carbonyl (C=O) groups excluding carboxylic acids is 2. The number of nitrogens with two attached hydrogens (primary N) is 1. The summed E-state index contributed by atoms with van der Waals surface area (Å²) in [6.45, 7) is -0.278. The van der Waals surface area contributed by atoms with Gasteiger partial charge in [-0.05, 0) is 17.7 Å². The molecule has 0 atom stereocenters. The van der Waals surface area contributed by atoms with Gasteiger partial charge in [-0.15, -0.1) is 0 Å². The van der Waals surface area contributed by atoms with Crippen molar-refractivity contribution < 1.29 is 18.7 Å². The summed E-state index contributed by atoms with van der Waals surface area (Å²) in [4.78, 5) is 30.7. The number of anilines is 1. The van der Waals surface area contributed by atoms with Crippen molar-refractivity contribution in [2.24, 2.45) is 0 Å². The Morgan fingerprint density at radius 1 is 1.18 bits per heavy atom. The minimum atomic E-state index is -0.831. The molecule has 0 saturated carbocycles. The number of halogens is 1. The van der Waals surface area contributed by atoms with Gasteiger partial charge < -0.3 is 15.8 Å². The molecule has 114 valence electrons. The lowest BCUT2D eigenvalue weighted by atomic mass is 10.2. The number of hydrogen-bond donors (Lipinski definition) is 2. The lowest BCUT2D eigenvalue weighted by Crippen LogP contribution is -2.28. The molecule has 3 N–H and O–H groups in total. The van der Waals surface area contributed by atoms with Gasteiger partial charge in [-0.2, -0.15) is 0 Å². The third-order valence-electron chi connectivity index (χ3n) is 2.66. The van der Waals surface area contributed by atoms with Crippen molar-refractivity contribution in [2.75, 3.05) is 12.3 Å². The van der Waals surface area contributed by atoms with Crippen molar-refractivity contribution in [3.05, 3.63) is 53.7 Å². The molecule has 0 aliphatic carbocycles. The highest BCUT2D eigenvalue weighted by atomic mass is 19.1. The predicted molar refractivity (Wildman–Crippen MR) is 75.0 cm³/mol. The predicted octanol–water partition coefficient (Wildman–Crippen LogP) is 0.671. The zero-order chi connectivity index (χ0) is 15.9. The molecule has 0 unspecified atom stereocenters. The van der Waals surface area contributed by atoms with Gasteiger partial charge in [-0.25, -0.2) is 19.2 Å². The first-order valence-corrected chi connectivity index (χ1v) is 6.31. The molecule has 0 aliphatic heterocycles. The van der Waals surface area contributed by atoms with Gasteiger partial charge in [-0.1, -0.05) is 12.1 Å². The largest absolute Gasteiger partial charge is 0.451 e. The summed E-state index contributed by atoms with van der Waals surface area (Å²) < 4.78 is 17.5. The molecular weight excluding hydrogens is 291 g/mol. The van der Waals surface area contributed by atoms with E-state index >= 15 is 0 Å². The second kappa shape index (κ2) is 7.11. The molecule has 7 nitrogen and oxygen atoms in total. The quantitative estimate of drug-likeness (QED) is 0.786. The normalized spacial score (nSPS) is 10.0. The first kappa shape index (κ1) is 15.4. The minimum Gasteiger partial charge on any atom is -0.451 e. The van der Waals surface area contributed by atoms with Crippen LogP contribution in [-0.4, -0.2) is 28.5 Å². The second-order valence-corrected chi connectivity index (χ2v) is 4.27. The number of rotatable bonds is 5. The van der Waals surface area contributed by atoms with Gasteiger partial charge in [0.1, 0.15) is 5.82 Å². The van der Waals surface area contributed by atoms with Crippen LogP contribution in [0.2, 0.25) is 0 Å². The maximum Gasteiger partial charge on any atom is 0.361 e. The summed E-state index contributed by atoms with van der Waals surface area (Å²) in [6, 6.07) is 5.67. The van der Waals surface area contributed by atoms with Crippen LogP contribution in [0.5, 0.6) is 0 Å². The lowest BCUT2D eigenvalue weighted by Gasteiger charge is -2.07. The van der Waals surface area contributed by atoms with Crippen molar-refractivity contribution in [2.45, 2.75) is 6.54 Å². The first-order valence-electron chi connectivity index (χ1n) is 6.31. The Kier molecular flexibility index (Phi) is 4.97. The van der Waals surface area contributed by atoms with E-state index in [9.17, 15) is 14.0 Å². The summed E-state index contributed by atoms with van der Waals surface area (Å²) in [7, 11) is 0. The highest BCUT2D eigenvalue weighted by molar-refractivity contribution is 5.93. The second-order valence-electron chi connectivity index (χ2n) is 4.27. The Hall–Kier alpha value is -3.03. The number of amides is 1. The molecule has 22 heavy (non-hydrogen) atoms. The number of aromatic nitrogens is 2. The molecule has 1 aromatic heterocycles. The zero-order valence-electron chi connectivity index (χ0n) is 11.5. The fourth-order valence-electron chi connectivity index (χ4n) is 1.56. The van der Waals surface area contributed by atoms with E-state index in [1.165, 1.54) is 24.5 Å². The minimum absolute atomic E-state index is 0.0702. The number of esters is 1. The van der Waals surface area contributed by atoms with Crippen LogP contribution in [0.3, 0.4) is 0 Å². The van der Waals surface area contributed by atoms with Gasteiger partial charge in [0.15, 0.2) is 18.1 Å². The van der Waals surface area contributed by atoms with Gasteiger partial charge in [-0.3, -0.25) is 4.79 Å². The maximum atomic E-state index is 12.7. The van der Waals surface area contributed by atoms with Gasteiger partial charge in [0.2, 0.25) is 0 Å².